The topological polar surface area (TPSA) is 47.2 Å². The Hall–Kier alpha value is -6.30. The summed E-state index contributed by atoms with van der Waals surface area (Å²) >= 11 is 0. The molecular formula is C39H24N4O. The van der Waals surface area contributed by atoms with Gasteiger partial charge in [-0.05, 0) is 71.8 Å². The Morgan fingerprint density at radius 2 is 1.39 bits per heavy atom. The molecule has 0 radical (unpaired) electrons. The minimum absolute atomic E-state index is 0.430. The van der Waals surface area contributed by atoms with E-state index >= 15 is 0 Å². The molecular weight excluding hydrogens is 540 g/mol. The number of ether oxygens (including phenoxy) is 1. The van der Waals surface area contributed by atoms with Crippen molar-refractivity contribution in [3.05, 3.63) is 144 Å². The lowest BCUT2D eigenvalue weighted by molar-refractivity contribution is 0.415. The van der Waals surface area contributed by atoms with Gasteiger partial charge in [-0.15, -0.1) is 0 Å². The highest BCUT2D eigenvalue weighted by atomic mass is 16.5. The van der Waals surface area contributed by atoms with Gasteiger partial charge in [0.25, 0.3) is 0 Å². The number of rotatable bonds is 4. The first kappa shape index (κ1) is 25.4. The number of methoxy groups -OCH3 is 1. The number of hydrogen-bond acceptors (Lipinski definition) is 2. The zero-order valence-corrected chi connectivity index (χ0v) is 23.8. The molecule has 0 saturated heterocycles. The Balaban J connectivity index is 1.47. The van der Waals surface area contributed by atoms with Crippen LogP contribution in [0.1, 0.15) is 5.56 Å². The molecule has 5 heteroatoms. The van der Waals surface area contributed by atoms with Crippen LogP contribution in [0, 0.1) is 17.9 Å². The standard InChI is InChI=1S/C39H24N4O/c1-41-33-15-8-10-26(24-40)39(33)43-36-21-19-28(44-2)23-32(36)38-29(14-9-17-37(38)43)25-18-20-35-31(22-25)30-13-6-7-16-34(30)42(35)27-11-4-3-5-12-27/h3-23H,2H3. The SMILES string of the molecule is [C-]#[N+]c1cccc(C#N)c1-n1c2ccc(OC)cc2c2c(-c3ccc4c(c3)c3ccccc3n4-c3ccccc3)cccc21. The summed E-state index contributed by atoms with van der Waals surface area (Å²) in [5.41, 5.74) is 8.87. The first-order valence-corrected chi connectivity index (χ1v) is 14.3. The number of benzene rings is 6. The van der Waals surface area contributed by atoms with Crippen molar-refractivity contribution in [3.63, 3.8) is 0 Å². The first-order valence-electron chi connectivity index (χ1n) is 14.3. The monoisotopic (exact) mass is 564 g/mol. The Labute approximate surface area is 253 Å². The fraction of sp³-hybridized carbons (Fsp3) is 0.0256. The maximum atomic E-state index is 10.1. The summed E-state index contributed by atoms with van der Waals surface area (Å²) in [5.74, 6) is 0.742. The smallest absolute Gasteiger partial charge is 0.211 e. The van der Waals surface area contributed by atoms with E-state index in [1.165, 1.54) is 10.8 Å². The molecule has 8 aromatic rings. The third-order valence-corrected chi connectivity index (χ3v) is 8.47. The second kappa shape index (κ2) is 9.91. The van der Waals surface area contributed by atoms with Crippen LogP contribution in [0.3, 0.4) is 0 Å². The van der Waals surface area contributed by atoms with Gasteiger partial charge in [0.05, 0.1) is 53.1 Å². The van der Waals surface area contributed by atoms with E-state index in [1.54, 1.807) is 25.3 Å². The van der Waals surface area contributed by atoms with Gasteiger partial charge in [-0.1, -0.05) is 66.7 Å². The van der Waals surface area contributed by atoms with E-state index in [-0.39, 0.29) is 0 Å². The molecule has 0 amide bonds. The fourth-order valence-electron chi connectivity index (χ4n) is 6.60. The number of para-hydroxylation sites is 3. The van der Waals surface area contributed by atoms with Crippen LogP contribution < -0.4 is 4.74 Å². The third-order valence-electron chi connectivity index (χ3n) is 8.47. The fourth-order valence-corrected chi connectivity index (χ4v) is 6.60. The second-order valence-corrected chi connectivity index (χ2v) is 10.7. The summed E-state index contributed by atoms with van der Waals surface area (Å²) in [5, 5.41) is 14.5. The van der Waals surface area contributed by atoms with E-state index in [2.05, 4.69) is 98.9 Å². The molecule has 0 aliphatic rings. The van der Waals surface area contributed by atoms with Gasteiger partial charge in [0.2, 0.25) is 5.69 Å². The van der Waals surface area contributed by atoms with E-state index in [1.807, 2.05) is 30.3 Å². The molecule has 0 saturated carbocycles. The van der Waals surface area contributed by atoms with Crippen molar-refractivity contribution in [2.45, 2.75) is 0 Å². The van der Waals surface area contributed by atoms with E-state index in [9.17, 15) is 5.26 Å². The summed E-state index contributed by atoms with van der Waals surface area (Å²) in [6.07, 6.45) is 0. The first-order chi connectivity index (χ1) is 21.7. The van der Waals surface area contributed by atoms with Crippen LogP contribution in [0.2, 0.25) is 0 Å². The van der Waals surface area contributed by atoms with Crippen LogP contribution in [0.4, 0.5) is 5.69 Å². The summed E-state index contributed by atoms with van der Waals surface area (Å²) in [4.78, 5) is 3.80. The molecule has 2 aromatic heterocycles. The molecule has 5 nitrogen and oxygen atoms in total. The van der Waals surface area contributed by atoms with E-state index in [4.69, 9.17) is 11.3 Å². The van der Waals surface area contributed by atoms with Gasteiger partial charge in [-0.25, -0.2) is 4.85 Å². The molecule has 44 heavy (non-hydrogen) atoms. The van der Waals surface area contributed by atoms with Crippen LogP contribution in [-0.4, -0.2) is 16.2 Å². The van der Waals surface area contributed by atoms with E-state index in [0.29, 0.717) is 16.9 Å². The average Bonchev–Trinajstić information content (AvgIpc) is 3.60. The van der Waals surface area contributed by atoms with Gasteiger partial charge in [0.15, 0.2) is 0 Å². The van der Waals surface area contributed by atoms with Crippen molar-refractivity contribution >= 4 is 49.3 Å². The third kappa shape index (κ3) is 3.64. The largest absolute Gasteiger partial charge is 0.497 e. The molecule has 0 aliphatic heterocycles. The molecule has 0 unspecified atom stereocenters. The van der Waals surface area contributed by atoms with E-state index in [0.717, 1.165) is 55.4 Å². The maximum Gasteiger partial charge on any atom is 0.211 e. The minimum Gasteiger partial charge on any atom is -0.497 e. The highest BCUT2D eigenvalue weighted by Gasteiger charge is 2.21. The van der Waals surface area contributed by atoms with Gasteiger partial charge in [0.1, 0.15) is 5.75 Å². The molecule has 8 rings (SSSR count). The normalized spacial score (nSPS) is 11.2. The molecule has 0 spiro atoms. The van der Waals surface area contributed by atoms with Crippen LogP contribution in [0.25, 0.3) is 71.0 Å². The zero-order valence-electron chi connectivity index (χ0n) is 23.8. The number of nitriles is 1. The molecule has 0 bridgehead atoms. The average molecular weight is 565 g/mol. The quantitative estimate of drug-likeness (QED) is 0.200. The Morgan fingerprint density at radius 3 is 2.20 bits per heavy atom. The molecule has 206 valence electrons. The van der Waals surface area contributed by atoms with Crippen molar-refractivity contribution in [3.8, 4) is 34.3 Å². The predicted octanol–water partition coefficient (Wildman–Crippen LogP) is 9.98. The van der Waals surface area contributed by atoms with Gasteiger partial charge in [-0.3, -0.25) is 0 Å². The molecule has 0 aliphatic carbocycles. The van der Waals surface area contributed by atoms with Crippen LogP contribution in [-0.2, 0) is 0 Å². The van der Waals surface area contributed by atoms with Crippen molar-refractivity contribution in [1.29, 1.82) is 5.26 Å². The van der Waals surface area contributed by atoms with Gasteiger partial charge in [0, 0.05) is 27.2 Å². The lowest BCUT2D eigenvalue weighted by Crippen LogP contribution is -1.98. The summed E-state index contributed by atoms with van der Waals surface area (Å²) < 4.78 is 10.0. The highest BCUT2D eigenvalue weighted by Crippen LogP contribution is 2.43. The van der Waals surface area contributed by atoms with Gasteiger partial charge in [-0.2, -0.15) is 5.26 Å². The molecule has 0 atom stereocenters. The summed E-state index contributed by atoms with van der Waals surface area (Å²) in [7, 11) is 1.67. The molecule has 6 aromatic carbocycles. The Morgan fingerprint density at radius 1 is 0.659 bits per heavy atom. The van der Waals surface area contributed by atoms with Gasteiger partial charge >= 0.3 is 0 Å². The predicted molar refractivity (Wildman–Crippen MR) is 178 cm³/mol. The van der Waals surface area contributed by atoms with Crippen molar-refractivity contribution in [2.24, 2.45) is 0 Å². The number of hydrogen-bond donors (Lipinski definition) is 0. The second-order valence-electron chi connectivity index (χ2n) is 10.7. The van der Waals surface area contributed by atoms with Crippen molar-refractivity contribution in [1.82, 2.24) is 9.13 Å². The van der Waals surface area contributed by atoms with Crippen LogP contribution in [0.5, 0.6) is 5.75 Å². The summed E-state index contributed by atoms with van der Waals surface area (Å²) in [6.45, 7) is 7.90. The number of fused-ring (bicyclic) bond motifs is 6. The molecule has 0 fully saturated rings. The number of nitrogens with zero attached hydrogens (tertiary/aromatic N) is 4. The Bertz CT molecular complexity index is 2470. The van der Waals surface area contributed by atoms with Crippen LogP contribution >= 0.6 is 0 Å². The minimum atomic E-state index is 0.430. The highest BCUT2D eigenvalue weighted by molar-refractivity contribution is 6.18. The van der Waals surface area contributed by atoms with Crippen molar-refractivity contribution < 1.29 is 4.74 Å². The van der Waals surface area contributed by atoms with Crippen molar-refractivity contribution in [2.75, 3.05) is 7.11 Å². The number of aromatic nitrogens is 2. The lowest BCUT2D eigenvalue weighted by Gasteiger charge is -2.12. The van der Waals surface area contributed by atoms with E-state index < -0.39 is 0 Å². The molecule has 0 N–H and O–H groups in total. The van der Waals surface area contributed by atoms with Crippen LogP contribution in [0.15, 0.2) is 127 Å². The zero-order chi connectivity index (χ0) is 29.8. The summed E-state index contributed by atoms with van der Waals surface area (Å²) in [6, 6.07) is 45.5. The lowest BCUT2D eigenvalue weighted by atomic mass is 9.97. The Kier molecular flexibility index (Phi) is 5.72. The molecule has 2 heterocycles. The van der Waals surface area contributed by atoms with Gasteiger partial charge < -0.3 is 13.9 Å². The maximum absolute atomic E-state index is 10.1.